The molecule has 0 unspecified atom stereocenters. The minimum Gasteiger partial charge on any atom is -0.503 e. The van der Waals surface area contributed by atoms with Crippen molar-refractivity contribution in [2.75, 3.05) is 7.11 Å². The van der Waals surface area contributed by atoms with Crippen LogP contribution in [0.2, 0.25) is 0 Å². The molecule has 0 saturated heterocycles. The Bertz CT molecular complexity index is 634. The molecule has 0 heterocycles. The first kappa shape index (κ1) is 15.8. The summed E-state index contributed by atoms with van der Waals surface area (Å²) < 4.78 is 19.4. The van der Waals surface area contributed by atoms with Crippen molar-refractivity contribution >= 4 is 15.9 Å². The highest BCUT2D eigenvalue weighted by molar-refractivity contribution is 9.10. The molecular formula is C16H17BrFNO2. The Morgan fingerprint density at radius 1 is 1.33 bits per heavy atom. The van der Waals surface area contributed by atoms with Crippen LogP contribution >= 0.6 is 15.9 Å². The van der Waals surface area contributed by atoms with Gasteiger partial charge in [0.25, 0.3) is 0 Å². The third kappa shape index (κ3) is 3.74. The maximum Gasteiger partial charge on any atom is 0.172 e. The van der Waals surface area contributed by atoms with Crippen LogP contribution in [0, 0.1) is 5.82 Å². The summed E-state index contributed by atoms with van der Waals surface area (Å²) in [4.78, 5) is 0. The summed E-state index contributed by atoms with van der Waals surface area (Å²) in [6.07, 6.45) is 0. The van der Waals surface area contributed by atoms with E-state index in [9.17, 15) is 9.50 Å². The molecule has 3 nitrogen and oxygen atoms in total. The number of rotatable bonds is 5. The lowest BCUT2D eigenvalue weighted by Crippen LogP contribution is -2.19. The minimum absolute atomic E-state index is 0.0726. The number of methoxy groups -OCH3 is 1. The summed E-state index contributed by atoms with van der Waals surface area (Å²) in [5.41, 5.74) is 1.56. The van der Waals surface area contributed by atoms with Gasteiger partial charge in [-0.1, -0.05) is 18.2 Å². The van der Waals surface area contributed by atoms with Crippen LogP contribution in [0.5, 0.6) is 11.5 Å². The topological polar surface area (TPSA) is 41.5 Å². The van der Waals surface area contributed by atoms with Crippen LogP contribution in [0.15, 0.2) is 40.9 Å². The second-order valence-corrected chi connectivity index (χ2v) is 5.61. The molecule has 0 aliphatic heterocycles. The van der Waals surface area contributed by atoms with Crippen molar-refractivity contribution in [3.8, 4) is 11.5 Å². The smallest absolute Gasteiger partial charge is 0.172 e. The maximum absolute atomic E-state index is 13.7. The summed E-state index contributed by atoms with van der Waals surface area (Å²) in [5, 5.41) is 13.0. The van der Waals surface area contributed by atoms with Crippen LogP contribution < -0.4 is 10.1 Å². The van der Waals surface area contributed by atoms with E-state index in [-0.39, 0.29) is 17.6 Å². The molecule has 0 amide bonds. The van der Waals surface area contributed by atoms with Gasteiger partial charge in [0.2, 0.25) is 0 Å². The Balaban J connectivity index is 2.10. The molecule has 0 aliphatic carbocycles. The average Bonchev–Trinajstić information content (AvgIpc) is 2.48. The zero-order valence-corrected chi connectivity index (χ0v) is 13.4. The molecule has 5 heteroatoms. The number of hydrogen-bond donors (Lipinski definition) is 2. The molecule has 21 heavy (non-hydrogen) atoms. The van der Waals surface area contributed by atoms with Gasteiger partial charge in [0.05, 0.1) is 11.6 Å². The van der Waals surface area contributed by atoms with Crippen LogP contribution in [-0.2, 0) is 6.54 Å². The van der Waals surface area contributed by atoms with Crippen molar-refractivity contribution in [1.29, 1.82) is 0 Å². The van der Waals surface area contributed by atoms with Crippen LogP contribution in [0.1, 0.15) is 24.1 Å². The molecule has 0 radical (unpaired) electrons. The number of benzene rings is 2. The van der Waals surface area contributed by atoms with E-state index in [2.05, 4.69) is 21.2 Å². The molecule has 112 valence electrons. The van der Waals surface area contributed by atoms with E-state index in [4.69, 9.17) is 4.74 Å². The monoisotopic (exact) mass is 353 g/mol. The van der Waals surface area contributed by atoms with Crippen molar-refractivity contribution in [3.63, 3.8) is 0 Å². The Kier molecular flexibility index (Phi) is 5.20. The number of ether oxygens (including phenoxy) is 1. The van der Waals surface area contributed by atoms with Crippen LogP contribution in [0.4, 0.5) is 4.39 Å². The molecule has 0 aliphatic rings. The Hall–Kier alpha value is -1.59. The summed E-state index contributed by atoms with van der Waals surface area (Å²) in [7, 11) is 1.50. The van der Waals surface area contributed by atoms with Gasteiger partial charge in [-0.05, 0) is 46.6 Å². The van der Waals surface area contributed by atoms with Crippen LogP contribution in [0.25, 0.3) is 0 Å². The van der Waals surface area contributed by atoms with Crippen molar-refractivity contribution < 1.29 is 14.2 Å². The van der Waals surface area contributed by atoms with Gasteiger partial charge in [0, 0.05) is 18.2 Å². The Morgan fingerprint density at radius 3 is 2.71 bits per heavy atom. The number of nitrogens with one attached hydrogen (secondary N) is 1. The second kappa shape index (κ2) is 6.91. The molecule has 0 aromatic heterocycles. The predicted octanol–water partition coefficient (Wildman–Crippen LogP) is 4.15. The molecule has 2 aromatic carbocycles. The molecule has 0 spiro atoms. The lowest BCUT2D eigenvalue weighted by molar-refractivity contribution is 0.371. The quantitative estimate of drug-likeness (QED) is 0.848. The number of phenolic OH excluding ortho intramolecular Hbond substituents is 1. The standard InChI is InChI=1S/C16H17BrFNO2/c1-10(12-5-3-4-6-14(12)18)19-9-11-7-13(17)16(20)15(8-11)21-2/h3-8,10,19-20H,9H2,1-2H3/t10-/m1/s1. The highest BCUT2D eigenvalue weighted by Gasteiger charge is 2.12. The summed E-state index contributed by atoms with van der Waals surface area (Å²) in [5.74, 6) is 0.255. The Labute approximate surface area is 131 Å². The maximum atomic E-state index is 13.7. The van der Waals surface area contributed by atoms with Gasteiger partial charge < -0.3 is 15.2 Å². The SMILES string of the molecule is COc1cc(CN[C@H](C)c2ccccc2F)cc(Br)c1O. The van der Waals surface area contributed by atoms with Gasteiger partial charge in [-0.2, -0.15) is 0 Å². The highest BCUT2D eigenvalue weighted by atomic mass is 79.9. The minimum atomic E-state index is -0.220. The molecule has 2 aromatic rings. The van der Waals surface area contributed by atoms with E-state index in [1.54, 1.807) is 24.3 Å². The zero-order chi connectivity index (χ0) is 15.4. The molecule has 0 saturated carbocycles. The number of hydrogen-bond acceptors (Lipinski definition) is 3. The lowest BCUT2D eigenvalue weighted by Gasteiger charge is -2.16. The van der Waals surface area contributed by atoms with Crippen LogP contribution in [0.3, 0.4) is 0 Å². The molecule has 2 N–H and O–H groups in total. The molecule has 1 atom stereocenters. The van der Waals surface area contributed by atoms with E-state index >= 15 is 0 Å². The number of halogens is 2. The first-order chi connectivity index (χ1) is 10.0. The lowest BCUT2D eigenvalue weighted by atomic mass is 10.1. The fourth-order valence-electron chi connectivity index (χ4n) is 2.09. The Morgan fingerprint density at radius 2 is 2.05 bits per heavy atom. The van der Waals surface area contributed by atoms with Gasteiger partial charge in [-0.3, -0.25) is 0 Å². The third-order valence-corrected chi connectivity index (χ3v) is 3.90. The third-order valence-electron chi connectivity index (χ3n) is 3.29. The average molecular weight is 354 g/mol. The van der Waals surface area contributed by atoms with Gasteiger partial charge in [0.15, 0.2) is 11.5 Å². The second-order valence-electron chi connectivity index (χ2n) is 4.75. The summed E-state index contributed by atoms with van der Waals surface area (Å²) in [6.45, 7) is 2.44. The van der Waals surface area contributed by atoms with Crippen molar-refractivity contribution in [3.05, 3.63) is 57.8 Å². The fraction of sp³-hybridized carbons (Fsp3) is 0.250. The van der Waals surface area contributed by atoms with E-state index in [0.717, 1.165) is 5.56 Å². The first-order valence-electron chi connectivity index (χ1n) is 6.56. The van der Waals surface area contributed by atoms with E-state index in [1.165, 1.54) is 13.2 Å². The molecule has 0 fully saturated rings. The van der Waals surface area contributed by atoms with Crippen molar-refractivity contribution in [1.82, 2.24) is 5.32 Å². The number of phenols is 1. The van der Waals surface area contributed by atoms with Gasteiger partial charge >= 0.3 is 0 Å². The largest absolute Gasteiger partial charge is 0.503 e. The van der Waals surface area contributed by atoms with Gasteiger partial charge in [-0.15, -0.1) is 0 Å². The van der Waals surface area contributed by atoms with Gasteiger partial charge in [-0.25, -0.2) is 4.39 Å². The van der Waals surface area contributed by atoms with Crippen molar-refractivity contribution in [2.24, 2.45) is 0 Å². The van der Waals surface area contributed by atoms with E-state index in [0.29, 0.717) is 22.3 Å². The van der Waals surface area contributed by atoms with E-state index in [1.807, 2.05) is 13.0 Å². The van der Waals surface area contributed by atoms with E-state index < -0.39 is 0 Å². The number of aromatic hydroxyl groups is 1. The normalized spacial score (nSPS) is 12.2. The van der Waals surface area contributed by atoms with Crippen LogP contribution in [-0.4, -0.2) is 12.2 Å². The van der Waals surface area contributed by atoms with Gasteiger partial charge in [0.1, 0.15) is 5.82 Å². The molecular weight excluding hydrogens is 337 g/mol. The summed E-state index contributed by atoms with van der Waals surface area (Å²) >= 11 is 3.28. The highest BCUT2D eigenvalue weighted by Crippen LogP contribution is 2.35. The first-order valence-corrected chi connectivity index (χ1v) is 7.35. The predicted molar refractivity (Wildman–Crippen MR) is 84.0 cm³/mol. The summed E-state index contributed by atoms with van der Waals surface area (Å²) in [6, 6.07) is 10.1. The molecule has 0 bridgehead atoms. The van der Waals surface area contributed by atoms with Crippen molar-refractivity contribution in [2.45, 2.75) is 19.5 Å². The zero-order valence-electron chi connectivity index (χ0n) is 11.9. The fourth-order valence-corrected chi connectivity index (χ4v) is 2.58. The molecule has 2 rings (SSSR count).